The number of amides is 2. The first kappa shape index (κ1) is 20.2. The van der Waals surface area contributed by atoms with Crippen LogP contribution in [0.2, 0.25) is 0 Å². The molecule has 2 rings (SSSR count). The van der Waals surface area contributed by atoms with E-state index < -0.39 is 17.7 Å². The van der Waals surface area contributed by atoms with Crippen molar-refractivity contribution in [3.63, 3.8) is 0 Å². The minimum atomic E-state index is -0.597. The quantitative estimate of drug-likeness (QED) is 0.812. The van der Waals surface area contributed by atoms with Crippen molar-refractivity contribution in [2.75, 3.05) is 13.1 Å². The van der Waals surface area contributed by atoms with Gasteiger partial charge in [-0.15, -0.1) is 0 Å². The zero-order valence-corrected chi connectivity index (χ0v) is 16.1. The summed E-state index contributed by atoms with van der Waals surface area (Å²) < 4.78 is 18.6. The van der Waals surface area contributed by atoms with Crippen molar-refractivity contribution >= 4 is 12.0 Å². The standard InChI is InChI=1S/C20H29FN2O3/c1-5-22(14-15-9-11-16(21)12-10-15)18(24)17-8-6-7-13-23(17)19(25)26-20(2,3)4/h9-12,17H,5-8,13-14H2,1-4H3/t17-/m1/s1. The number of halogens is 1. The Morgan fingerprint density at radius 1 is 1.23 bits per heavy atom. The Balaban J connectivity index is 2.11. The summed E-state index contributed by atoms with van der Waals surface area (Å²) in [6.45, 7) is 8.81. The third-order valence-electron chi connectivity index (χ3n) is 4.40. The summed E-state index contributed by atoms with van der Waals surface area (Å²) in [7, 11) is 0. The monoisotopic (exact) mass is 364 g/mol. The number of nitrogens with zero attached hydrogens (tertiary/aromatic N) is 2. The predicted molar refractivity (Wildman–Crippen MR) is 98.1 cm³/mol. The van der Waals surface area contributed by atoms with Crippen LogP contribution >= 0.6 is 0 Å². The van der Waals surface area contributed by atoms with Crippen LogP contribution < -0.4 is 0 Å². The third-order valence-corrected chi connectivity index (χ3v) is 4.40. The molecule has 0 saturated carbocycles. The van der Waals surface area contributed by atoms with Crippen molar-refractivity contribution < 1.29 is 18.7 Å². The summed E-state index contributed by atoms with van der Waals surface area (Å²) in [4.78, 5) is 28.9. The number of benzene rings is 1. The maximum atomic E-state index is 13.1. The molecule has 1 heterocycles. The lowest BCUT2D eigenvalue weighted by atomic mass is 10.0. The van der Waals surface area contributed by atoms with Gasteiger partial charge in [0.25, 0.3) is 0 Å². The lowest BCUT2D eigenvalue weighted by Gasteiger charge is -2.38. The molecule has 1 saturated heterocycles. The molecular formula is C20H29FN2O3. The topological polar surface area (TPSA) is 49.9 Å². The second-order valence-electron chi connectivity index (χ2n) is 7.66. The molecule has 0 unspecified atom stereocenters. The van der Waals surface area contributed by atoms with Gasteiger partial charge in [0.15, 0.2) is 0 Å². The van der Waals surface area contributed by atoms with Crippen LogP contribution in [0.25, 0.3) is 0 Å². The number of carbonyl (C=O) groups excluding carboxylic acids is 2. The smallest absolute Gasteiger partial charge is 0.410 e. The maximum Gasteiger partial charge on any atom is 0.410 e. The van der Waals surface area contributed by atoms with Crippen molar-refractivity contribution in [3.05, 3.63) is 35.6 Å². The van der Waals surface area contributed by atoms with Gasteiger partial charge < -0.3 is 9.64 Å². The molecule has 2 amide bonds. The molecule has 1 fully saturated rings. The van der Waals surface area contributed by atoms with Gasteiger partial charge in [0.1, 0.15) is 17.5 Å². The number of likely N-dealkylation sites (N-methyl/N-ethyl adjacent to an activating group) is 1. The molecule has 6 heteroatoms. The van der Waals surface area contributed by atoms with Gasteiger partial charge in [-0.2, -0.15) is 0 Å². The van der Waals surface area contributed by atoms with Crippen LogP contribution in [0.5, 0.6) is 0 Å². The maximum absolute atomic E-state index is 13.1. The molecule has 26 heavy (non-hydrogen) atoms. The van der Waals surface area contributed by atoms with Crippen LogP contribution in [0.15, 0.2) is 24.3 Å². The van der Waals surface area contributed by atoms with Gasteiger partial charge in [0, 0.05) is 19.6 Å². The largest absolute Gasteiger partial charge is 0.444 e. The molecule has 5 nitrogen and oxygen atoms in total. The molecule has 144 valence electrons. The van der Waals surface area contributed by atoms with Crippen molar-refractivity contribution in [2.45, 2.75) is 65.1 Å². The first-order chi connectivity index (χ1) is 12.2. The van der Waals surface area contributed by atoms with E-state index in [1.807, 2.05) is 27.7 Å². The second-order valence-corrected chi connectivity index (χ2v) is 7.66. The molecule has 0 bridgehead atoms. The summed E-state index contributed by atoms with van der Waals surface area (Å²) >= 11 is 0. The van der Waals surface area contributed by atoms with Crippen molar-refractivity contribution in [3.8, 4) is 0 Å². The minimum Gasteiger partial charge on any atom is -0.444 e. The first-order valence-electron chi connectivity index (χ1n) is 9.24. The molecule has 0 N–H and O–H groups in total. The van der Waals surface area contributed by atoms with E-state index in [0.717, 1.165) is 18.4 Å². The van der Waals surface area contributed by atoms with Gasteiger partial charge in [-0.3, -0.25) is 9.69 Å². The highest BCUT2D eigenvalue weighted by molar-refractivity contribution is 5.86. The number of hydrogen-bond acceptors (Lipinski definition) is 3. The van der Waals surface area contributed by atoms with E-state index >= 15 is 0 Å². The fraction of sp³-hybridized carbons (Fsp3) is 0.600. The third kappa shape index (κ3) is 5.44. The SMILES string of the molecule is CCN(Cc1ccc(F)cc1)C(=O)[C@H]1CCCCN1C(=O)OC(C)(C)C. The summed E-state index contributed by atoms with van der Waals surface area (Å²) in [6.07, 6.45) is 1.97. The van der Waals surface area contributed by atoms with E-state index in [2.05, 4.69) is 0 Å². The normalized spacial score (nSPS) is 17.7. The Hall–Kier alpha value is -2.11. The zero-order valence-electron chi connectivity index (χ0n) is 16.1. The predicted octanol–water partition coefficient (Wildman–Crippen LogP) is 3.96. The Morgan fingerprint density at radius 2 is 1.88 bits per heavy atom. The number of carbonyl (C=O) groups is 2. The highest BCUT2D eigenvalue weighted by atomic mass is 19.1. The van der Waals surface area contributed by atoms with Crippen molar-refractivity contribution in [1.29, 1.82) is 0 Å². The second kappa shape index (κ2) is 8.52. The van der Waals surface area contributed by atoms with Gasteiger partial charge in [-0.05, 0) is 64.7 Å². The highest BCUT2D eigenvalue weighted by Crippen LogP contribution is 2.23. The van der Waals surface area contributed by atoms with E-state index in [9.17, 15) is 14.0 Å². The van der Waals surface area contributed by atoms with Gasteiger partial charge >= 0.3 is 6.09 Å². The molecule has 1 atom stereocenters. The fourth-order valence-electron chi connectivity index (χ4n) is 3.09. The fourth-order valence-corrected chi connectivity index (χ4v) is 3.09. The van der Waals surface area contributed by atoms with Crippen molar-refractivity contribution in [2.24, 2.45) is 0 Å². The number of likely N-dealkylation sites (tertiary alicyclic amines) is 1. The molecule has 0 aliphatic carbocycles. The van der Waals surface area contributed by atoms with Gasteiger partial charge in [-0.25, -0.2) is 9.18 Å². The van der Waals surface area contributed by atoms with Crippen LogP contribution in [-0.2, 0) is 16.1 Å². The van der Waals surface area contributed by atoms with Crippen molar-refractivity contribution in [1.82, 2.24) is 9.80 Å². The van der Waals surface area contributed by atoms with E-state index in [1.165, 1.54) is 12.1 Å². The molecule has 1 aromatic carbocycles. The van der Waals surface area contributed by atoms with Crippen LogP contribution in [0.4, 0.5) is 9.18 Å². The number of piperidine rings is 1. The molecule has 0 spiro atoms. The van der Waals surface area contributed by atoms with E-state index in [1.54, 1.807) is 21.9 Å². The Bertz CT molecular complexity index is 625. The lowest BCUT2D eigenvalue weighted by molar-refractivity contribution is -0.138. The molecular weight excluding hydrogens is 335 g/mol. The zero-order chi connectivity index (χ0) is 19.3. The van der Waals surface area contributed by atoms with Crippen LogP contribution in [0.3, 0.4) is 0 Å². The molecule has 0 aromatic heterocycles. The molecule has 1 aliphatic heterocycles. The van der Waals surface area contributed by atoms with Crippen LogP contribution in [0, 0.1) is 5.82 Å². The van der Waals surface area contributed by atoms with Gasteiger partial charge in [-0.1, -0.05) is 12.1 Å². The Kier molecular flexibility index (Phi) is 6.62. The summed E-state index contributed by atoms with van der Waals surface area (Å²) in [5.41, 5.74) is 0.266. The van der Waals surface area contributed by atoms with Gasteiger partial charge in [0.2, 0.25) is 5.91 Å². The van der Waals surface area contributed by atoms with E-state index in [4.69, 9.17) is 4.74 Å². The highest BCUT2D eigenvalue weighted by Gasteiger charge is 2.36. The Morgan fingerprint density at radius 3 is 2.46 bits per heavy atom. The van der Waals surface area contributed by atoms with Crippen LogP contribution in [-0.4, -0.2) is 46.5 Å². The van der Waals surface area contributed by atoms with Crippen LogP contribution in [0.1, 0.15) is 52.5 Å². The lowest BCUT2D eigenvalue weighted by Crippen LogP contribution is -2.53. The van der Waals surface area contributed by atoms with E-state index in [-0.39, 0.29) is 11.7 Å². The average Bonchev–Trinajstić information content (AvgIpc) is 2.59. The first-order valence-corrected chi connectivity index (χ1v) is 9.24. The van der Waals surface area contributed by atoms with Gasteiger partial charge in [0.05, 0.1) is 0 Å². The average molecular weight is 364 g/mol. The summed E-state index contributed by atoms with van der Waals surface area (Å²) in [5, 5.41) is 0. The number of rotatable bonds is 4. The molecule has 1 aliphatic rings. The minimum absolute atomic E-state index is 0.0811. The Labute approximate surface area is 155 Å². The van der Waals surface area contributed by atoms with E-state index in [0.29, 0.717) is 26.1 Å². The molecule has 0 radical (unpaired) electrons. The summed E-state index contributed by atoms with van der Waals surface area (Å²) in [5.74, 6) is -0.381. The molecule has 1 aromatic rings. The summed E-state index contributed by atoms with van der Waals surface area (Å²) in [6, 6.07) is 5.64. The number of ether oxygens (including phenoxy) is 1. The number of hydrogen-bond donors (Lipinski definition) is 0.